The first kappa shape index (κ1) is 16.1. The summed E-state index contributed by atoms with van der Waals surface area (Å²) < 4.78 is 0. The maximum Gasteiger partial charge on any atom is 0.193 e. The zero-order chi connectivity index (χ0) is 16.9. The number of nitrogens with one attached hydrogen (secondary N) is 2. The van der Waals surface area contributed by atoms with Gasteiger partial charge in [-0.1, -0.05) is 31.2 Å². The number of rotatable bonds is 5. The summed E-state index contributed by atoms with van der Waals surface area (Å²) in [5.41, 5.74) is 12.0. The molecule has 24 heavy (non-hydrogen) atoms. The quantitative estimate of drug-likeness (QED) is 0.491. The Kier molecular flexibility index (Phi) is 4.85. The Morgan fingerprint density at radius 2 is 2.08 bits per heavy atom. The maximum atomic E-state index is 6.00. The van der Waals surface area contributed by atoms with E-state index in [0.717, 1.165) is 18.5 Å². The smallest absolute Gasteiger partial charge is 0.193 e. The van der Waals surface area contributed by atoms with Crippen molar-refractivity contribution in [1.82, 2.24) is 4.98 Å². The molecule has 0 saturated heterocycles. The van der Waals surface area contributed by atoms with Crippen LogP contribution in [0.15, 0.2) is 53.7 Å². The molecule has 2 aromatic carbocycles. The summed E-state index contributed by atoms with van der Waals surface area (Å²) in [4.78, 5) is 7.77. The van der Waals surface area contributed by atoms with Gasteiger partial charge in [0, 0.05) is 29.3 Å². The number of guanidine groups is 1. The Labute approximate surface area is 142 Å². The van der Waals surface area contributed by atoms with Crippen LogP contribution in [0.3, 0.4) is 0 Å². The van der Waals surface area contributed by atoms with E-state index >= 15 is 0 Å². The third-order valence-corrected chi connectivity index (χ3v) is 4.19. The lowest BCUT2D eigenvalue weighted by Crippen LogP contribution is -2.23. The van der Waals surface area contributed by atoms with Crippen LogP contribution in [0.2, 0.25) is 0 Å². The van der Waals surface area contributed by atoms with Crippen molar-refractivity contribution in [1.29, 1.82) is 0 Å². The number of nitrogens with two attached hydrogens (primary N) is 1. The largest absolute Gasteiger partial charge is 0.370 e. The predicted octanol–water partition coefficient (Wildman–Crippen LogP) is 4.01. The third-order valence-electron chi connectivity index (χ3n) is 4.19. The number of aliphatic imine (C=N–C) groups is 1. The van der Waals surface area contributed by atoms with Crippen molar-refractivity contribution in [2.45, 2.75) is 26.7 Å². The number of aromatic nitrogens is 1. The van der Waals surface area contributed by atoms with Crippen LogP contribution in [0.25, 0.3) is 10.9 Å². The number of fused-ring (bicyclic) bond motifs is 1. The first-order chi connectivity index (χ1) is 11.7. The van der Waals surface area contributed by atoms with Gasteiger partial charge in [-0.25, -0.2) is 0 Å². The number of aromatic amines is 1. The minimum atomic E-state index is 0.457. The summed E-state index contributed by atoms with van der Waals surface area (Å²) in [6.07, 6.45) is 3.93. The van der Waals surface area contributed by atoms with E-state index in [1.165, 1.54) is 27.6 Å². The molecule has 4 heteroatoms. The highest BCUT2D eigenvalue weighted by Gasteiger charge is 2.03. The van der Waals surface area contributed by atoms with Crippen molar-refractivity contribution in [3.63, 3.8) is 0 Å². The van der Waals surface area contributed by atoms with Crippen LogP contribution in [0, 0.1) is 6.92 Å². The molecule has 0 aliphatic carbocycles. The summed E-state index contributed by atoms with van der Waals surface area (Å²) in [6, 6.07) is 14.7. The summed E-state index contributed by atoms with van der Waals surface area (Å²) in [5.74, 6) is 0.457. The third kappa shape index (κ3) is 3.77. The number of nitrogens with zero attached hydrogens (tertiary/aromatic N) is 1. The van der Waals surface area contributed by atoms with E-state index in [1.807, 2.05) is 12.1 Å². The molecule has 0 spiro atoms. The van der Waals surface area contributed by atoms with Crippen LogP contribution in [0.4, 0.5) is 5.69 Å². The van der Waals surface area contributed by atoms with Crippen molar-refractivity contribution < 1.29 is 0 Å². The van der Waals surface area contributed by atoms with Gasteiger partial charge in [-0.15, -0.1) is 0 Å². The van der Waals surface area contributed by atoms with Crippen LogP contribution in [-0.2, 0) is 12.8 Å². The van der Waals surface area contributed by atoms with Gasteiger partial charge in [-0.3, -0.25) is 4.99 Å². The normalized spacial score (nSPS) is 11.8. The predicted molar refractivity (Wildman–Crippen MR) is 103 cm³/mol. The van der Waals surface area contributed by atoms with Crippen molar-refractivity contribution in [3.05, 3.63) is 65.4 Å². The molecule has 3 rings (SSSR count). The molecule has 1 aromatic heterocycles. The Bertz CT molecular complexity index is 861. The van der Waals surface area contributed by atoms with Gasteiger partial charge in [-0.05, 0) is 54.7 Å². The fraction of sp³-hybridized carbons (Fsp3) is 0.250. The molecule has 3 aromatic rings. The molecule has 124 valence electrons. The fourth-order valence-electron chi connectivity index (χ4n) is 2.86. The van der Waals surface area contributed by atoms with Crippen LogP contribution in [-0.4, -0.2) is 17.5 Å². The molecule has 0 unspecified atom stereocenters. The summed E-state index contributed by atoms with van der Waals surface area (Å²) in [7, 11) is 0. The molecule has 0 aliphatic rings. The Morgan fingerprint density at radius 1 is 1.21 bits per heavy atom. The maximum absolute atomic E-state index is 6.00. The number of hydrogen-bond donors (Lipinski definition) is 3. The van der Waals surface area contributed by atoms with Gasteiger partial charge in [0.2, 0.25) is 0 Å². The SMILES string of the molecule is CCc1cccc(NC(N)=NCCc2c[nH]c3cc(C)ccc23)c1. The molecule has 0 radical (unpaired) electrons. The topological polar surface area (TPSA) is 66.2 Å². The molecule has 4 N–H and O–H groups in total. The zero-order valence-corrected chi connectivity index (χ0v) is 14.3. The van der Waals surface area contributed by atoms with Gasteiger partial charge in [0.05, 0.1) is 0 Å². The molecule has 0 amide bonds. The van der Waals surface area contributed by atoms with Crippen LogP contribution >= 0.6 is 0 Å². The van der Waals surface area contributed by atoms with Crippen LogP contribution < -0.4 is 11.1 Å². The molecule has 0 bridgehead atoms. The van der Waals surface area contributed by atoms with E-state index < -0.39 is 0 Å². The molecular weight excluding hydrogens is 296 g/mol. The van der Waals surface area contributed by atoms with Gasteiger partial charge in [-0.2, -0.15) is 0 Å². The van der Waals surface area contributed by atoms with E-state index in [1.54, 1.807) is 0 Å². The van der Waals surface area contributed by atoms with E-state index in [9.17, 15) is 0 Å². The second kappa shape index (κ2) is 7.21. The van der Waals surface area contributed by atoms with Crippen LogP contribution in [0.1, 0.15) is 23.6 Å². The fourth-order valence-corrected chi connectivity index (χ4v) is 2.86. The van der Waals surface area contributed by atoms with Gasteiger partial charge in [0.15, 0.2) is 5.96 Å². The number of aryl methyl sites for hydroxylation is 2. The summed E-state index contributed by atoms with van der Waals surface area (Å²) >= 11 is 0. The van der Waals surface area contributed by atoms with Crippen molar-refractivity contribution >= 4 is 22.5 Å². The van der Waals surface area contributed by atoms with Gasteiger partial charge in [0.25, 0.3) is 0 Å². The van der Waals surface area contributed by atoms with Gasteiger partial charge < -0.3 is 16.0 Å². The van der Waals surface area contributed by atoms with Gasteiger partial charge >= 0.3 is 0 Å². The second-order valence-corrected chi connectivity index (χ2v) is 6.06. The molecular formula is C20H24N4. The van der Waals surface area contributed by atoms with Crippen molar-refractivity contribution in [2.75, 3.05) is 11.9 Å². The average molecular weight is 320 g/mol. The summed E-state index contributed by atoms with van der Waals surface area (Å²) in [5, 5.41) is 4.42. The number of benzene rings is 2. The standard InChI is InChI=1S/C20H24N4/c1-3-15-5-4-6-17(12-15)24-20(21)22-10-9-16-13-23-19-11-14(2)7-8-18(16)19/h4-8,11-13,23H,3,9-10H2,1-2H3,(H3,21,22,24). The molecule has 0 aliphatic heterocycles. The van der Waals surface area contributed by atoms with E-state index in [2.05, 4.69) is 65.7 Å². The van der Waals surface area contributed by atoms with E-state index in [-0.39, 0.29) is 0 Å². The van der Waals surface area contributed by atoms with Gasteiger partial charge in [0.1, 0.15) is 0 Å². The average Bonchev–Trinajstić information content (AvgIpc) is 2.97. The monoisotopic (exact) mass is 320 g/mol. The van der Waals surface area contributed by atoms with Crippen molar-refractivity contribution in [2.24, 2.45) is 10.7 Å². The minimum Gasteiger partial charge on any atom is -0.370 e. The minimum absolute atomic E-state index is 0.457. The lowest BCUT2D eigenvalue weighted by Gasteiger charge is -2.07. The number of anilines is 1. The molecule has 1 heterocycles. The highest BCUT2D eigenvalue weighted by atomic mass is 15.1. The van der Waals surface area contributed by atoms with E-state index in [4.69, 9.17) is 5.73 Å². The van der Waals surface area contributed by atoms with Crippen LogP contribution in [0.5, 0.6) is 0 Å². The first-order valence-corrected chi connectivity index (χ1v) is 8.38. The summed E-state index contributed by atoms with van der Waals surface area (Å²) in [6.45, 7) is 4.90. The Hall–Kier alpha value is -2.75. The second-order valence-electron chi connectivity index (χ2n) is 6.06. The number of H-pyrrole nitrogens is 1. The molecule has 4 nitrogen and oxygen atoms in total. The highest BCUT2D eigenvalue weighted by molar-refractivity contribution is 5.92. The lowest BCUT2D eigenvalue weighted by molar-refractivity contribution is 0.972. The number of hydrogen-bond acceptors (Lipinski definition) is 1. The Balaban J connectivity index is 1.62. The first-order valence-electron chi connectivity index (χ1n) is 8.38. The van der Waals surface area contributed by atoms with E-state index in [0.29, 0.717) is 12.5 Å². The highest BCUT2D eigenvalue weighted by Crippen LogP contribution is 2.20. The van der Waals surface area contributed by atoms with Crippen molar-refractivity contribution in [3.8, 4) is 0 Å². The molecule has 0 saturated carbocycles. The zero-order valence-electron chi connectivity index (χ0n) is 14.3. The molecule has 0 atom stereocenters. The Morgan fingerprint density at radius 3 is 2.92 bits per heavy atom. The molecule has 0 fully saturated rings. The lowest BCUT2D eigenvalue weighted by atomic mass is 10.1.